The van der Waals surface area contributed by atoms with E-state index in [1.807, 2.05) is 0 Å². The smallest absolute Gasteiger partial charge is 0.305 e. The number of nitrogens with one attached hydrogen (secondary N) is 3. The molecule has 0 aromatic heterocycles. The number of amides is 1. The Morgan fingerprint density at radius 3 is 2.67 bits per heavy atom. The van der Waals surface area contributed by atoms with Gasteiger partial charge < -0.3 is 26.8 Å². The van der Waals surface area contributed by atoms with E-state index in [4.69, 9.17) is 28.9 Å². The van der Waals surface area contributed by atoms with Gasteiger partial charge in [-0.1, -0.05) is 23.2 Å². The monoisotopic (exact) mass is 454 g/mol. The second kappa shape index (κ2) is 12.0. The zero-order chi connectivity index (χ0) is 21.9. The van der Waals surface area contributed by atoms with Crippen LogP contribution in [-0.2, 0) is 9.59 Å². The van der Waals surface area contributed by atoms with E-state index < -0.39 is 17.9 Å². The minimum atomic E-state index is -1.09. The van der Waals surface area contributed by atoms with Crippen molar-refractivity contribution in [1.82, 2.24) is 16.0 Å². The molecule has 1 aromatic carbocycles. The molecule has 0 aliphatic carbocycles. The highest BCUT2D eigenvalue weighted by molar-refractivity contribution is 6.34. The number of rotatable bonds is 10. The zero-order valence-corrected chi connectivity index (χ0v) is 17.7. The van der Waals surface area contributed by atoms with Crippen LogP contribution >= 0.6 is 23.2 Å². The lowest BCUT2D eigenvalue weighted by Crippen LogP contribution is -2.34. The average molecular weight is 455 g/mol. The Bertz CT molecular complexity index is 836. The third-order valence-corrected chi connectivity index (χ3v) is 4.51. The second-order valence-corrected chi connectivity index (χ2v) is 7.29. The van der Waals surface area contributed by atoms with Gasteiger partial charge >= 0.3 is 5.97 Å². The number of nitrogens with two attached hydrogens (primary N) is 1. The molecular weight excluding hydrogens is 431 g/mol. The molecule has 0 radical (unpaired) electrons. The van der Waals surface area contributed by atoms with Crippen molar-refractivity contribution >= 4 is 47.3 Å². The first kappa shape index (κ1) is 23.5. The Hall–Kier alpha value is -2.78. The highest BCUT2D eigenvalue weighted by Gasteiger charge is 2.20. The summed E-state index contributed by atoms with van der Waals surface area (Å²) in [5, 5.41) is 18.8. The number of carbonyl (C=O) groups excluding carboxylic acids is 1. The number of hydrogen-bond donors (Lipinski definition) is 5. The Morgan fingerprint density at radius 1 is 1.33 bits per heavy atom. The summed E-state index contributed by atoms with van der Waals surface area (Å²) in [6.45, 7) is 2.77. The quantitative estimate of drug-likeness (QED) is 0.206. The van der Waals surface area contributed by atoms with Crippen molar-refractivity contribution in [1.29, 1.82) is 0 Å². The van der Waals surface area contributed by atoms with E-state index in [1.165, 1.54) is 12.3 Å². The molecule has 0 spiro atoms. The highest BCUT2D eigenvalue weighted by atomic mass is 35.5. The van der Waals surface area contributed by atoms with E-state index in [0.717, 1.165) is 31.7 Å². The molecule has 1 amide bonds. The minimum absolute atomic E-state index is 0.119. The third-order valence-electron chi connectivity index (χ3n) is 4.07. The Kier molecular flexibility index (Phi) is 9.43. The Balaban J connectivity index is 1.92. The lowest BCUT2D eigenvalue weighted by Gasteiger charge is -2.18. The maximum Gasteiger partial charge on any atom is 0.305 e. The fourth-order valence-corrected chi connectivity index (χ4v) is 3.22. The molecule has 30 heavy (non-hydrogen) atoms. The first-order valence-electron chi connectivity index (χ1n) is 9.31. The molecule has 1 aromatic rings. The van der Waals surface area contributed by atoms with Gasteiger partial charge in [0.2, 0.25) is 0 Å². The van der Waals surface area contributed by atoms with Crippen LogP contribution in [0.3, 0.4) is 0 Å². The molecule has 162 valence electrons. The molecule has 2 rings (SSSR count). The minimum Gasteiger partial charge on any atom is -0.481 e. The van der Waals surface area contributed by atoms with Crippen molar-refractivity contribution in [3.63, 3.8) is 0 Å². The number of aliphatic carboxylic acids is 1. The summed E-state index contributed by atoms with van der Waals surface area (Å²) in [5.74, 6) is -0.852. The highest BCUT2D eigenvalue weighted by Crippen LogP contribution is 2.25. The molecule has 1 aliphatic rings. The summed E-state index contributed by atoms with van der Waals surface area (Å²) in [5.41, 5.74) is 6.15. The first-order chi connectivity index (χ1) is 14.4. The van der Waals surface area contributed by atoms with Crippen LogP contribution in [0.4, 0.5) is 0 Å². The fraction of sp³-hybridized carbons (Fsp3) is 0.368. The number of nitrogens with zero attached hydrogens (tertiary/aromatic N) is 2. The van der Waals surface area contributed by atoms with Crippen LogP contribution in [0.15, 0.2) is 40.0 Å². The van der Waals surface area contributed by atoms with E-state index in [9.17, 15) is 14.7 Å². The molecule has 0 saturated carbocycles. The first-order valence-corrected chi connectivity index (χ1v) is 10.1. The van der Waals surface area contributed by atoms with E-state index in [1.54, 1.807) is 12.1 Å². The molecule has 1 aliphatic heterocycles. The lowest BCUT2D eigenvalue weighted by atomic mass is 10.0. The van der Waals surface area contributed by atoms with Crippen molar-refractivity contribution in [2.45, 2.75) is 18.9 Å². The molecule has 1 heterocycles. The van der Waals surface area contributed by atoms with Crippen molar-refractivity contribution in [2.75, 3.05) is 26.2 Å². The number of carboxylic acids is 1. The third kappa shape index (κ3) is 7.92. The number of benzene rings is 1. The Labute approximate surface area is 184 Å². The maximum atomic E-state index is 12.6. The lowest BCUT2D eigenvalue weighted by molar-refractivity contribution is -0.137. The van der Waals surface area contributed by atoms with Crippen molar-refractivity contribution in [3.05, 3.63) is 45.6 Å². The summed E-state index contributed by atoms with van der Waals surface area (Å²) in [6, 6.07) is 3.79. The summed E-state index contributed by atoms with van der Waals surface area (Å²) in [4.78, 5) is 32.2. The van der Waals surface area contributed by atoms with Gasteiger partial charge in [-0.05, 0) is 30.2 Å². The summed E-state index contributed by atoms with van der Waals surface area (Å²) in [7, 11) is 0. The number of guanidine groups is 1. The SMILES string of the molecule is NC=C(C=NCCCNC1=NCCN1)C(=O)N[C@@H](CC(=O)O)c1cc(Cl)cc(Cl)c1. The molecule has 9 nitrogen and oxygen atoms in total. The van der Waals surface area contributed by atoms with Gasteiger partial charge in [0.05, 0.1) is 24.6 Å². The van der Waals surface area contributed by atoms with E-state index in [2.05, 4.69) is 25.9 Å². The van der Waals surface area contributed by atoms with E-state index in [0.29, 0.717) is 28.7 Å². The van der Waals surface area contributed by atoms with Gasteiger partial charge in [-0.2, -0.15) is 0 Å². The summed E-state index contributed by atoms with van der Waals surface area (Å²) < 4.78 is 0. The standard InChI is InChI=1S/C19H24Cl2N6O3/c20-14-6-12(7-15(21)8-14)16(9-17(28)29)27-18(30)13(10-22)11-23-2-1-3-24-19-25-4-5-26-19/h6-8,10-11,16H,1-5,9,22H2,(H,27,30)(H,28,29)(H2,24,25,26)/t16-/m0/s1. The zero-order valence-electron chi connectivity index (χ0n) is 16.2. The average Bonchev–Trinajstić information content (AvgIpc) is 3.19. The molecular formula is C19H24Cl2N6O3. The van der Waals surface area contributed by atoms with Gasteiger partial charge in [-0.25, -0.2) is 0 Å². The second-order valence-electron chi connectivity index (χ2n) is 6.42. The predicted molar refractivity (Wildman–Crippen MR) is 118 cm³/mol. The fourth-order valence-electron chi connectivity index (χ4n) is 2.68. The molecule has 1 atom stereocenters. The van der Waals surface area contributed by atoms with Gasteiger partial charge in [-0.15, -0.1) is 0 Å². The number of hydrogen-bond acceptors (Lipinski definition) is 7. The van der Waals surface area contributed by atoms with E-state index in [-0.39, 0.29) is 12.0 Å². The molecule has 0 saturated heterocycles. The Morgan fingerprint density at radius 2 is 2.07 bits per heavy atom. The molecule has 6 N–H and O–H groups in total. The van der Waals surface area contributed by atoms with Gasteiger partial charge in [0.1, 0.15) is 0 Å². The number of carboxylic acid groups (broad SMARTS) is 1. The number of aliphatic imine (C=N–C) groups is 2. The molecule has 0 bridgehead atoms. The van der Waals surface area contributed by atoms with Crippen LogP contribution in [0.2, 0.25) is 10.0 Å². The largest absolute Gasteiger partial charge is 0.481 e. The van der Waals surface area contributed by atoms with Crippen LogP contribution < -0.4 is 21.7 Å². The number of halogens is 2. The van der Waals surface area contributed by atoms with Gasteiger partial charge in [-0.3, -0.25) is 19.6 Å². The summed E-state index contributed by atoms with van der Waals surface area (Å²) >= 11 is 12.0. The van der Waals surface area contributed by atoms with Crippen LogP contribution in [0, 0.1) is 0 Å². The van der Waals surface area contributed by atoms with Crippen molar-refractivity contribution < 1.29 is 14.7 Å². The molecule has 11 heteroatoms. The van der Waals surface area contributed by atoms with E-state index >= 15 is 0 Å². The summed E-state index contributed by atoms with van der Waals surface area (Å²) in [6.07, 6.45) is 2.88. The normalized spacial score (nSPS) is 14.9. The van der Waals surface area contributed by atoms with Crippen molar-refractivity contribution in [2.24, 2.45) is 15.7 Å². The van der Waals surface area contributed by atoms with Crippen LogP contribution in [0.5, 0.6) is 0 Å². The van der Waals surface area contributed by atoms with Gasteiger partial charge in [0, 0.05) is 42.1 Å². The maximum absolute atomic E-state index is 12.6. The van der Waals surface area contributed by atoms with Crippen LogP contribution in [-0.4, -0.2) is 55.3 Å². The predicted octanol–water partition coefficient (Wildman–Crippen LogP) is 1.48. The van der Waals surface area contributed by atoms with Crippen LogP contribution in [0.1, 0.15) is 24.4 Å². The molecule has 0 unspecified atom stereocenters. The van der Waals surface area contributed by atoms with Gasteiger partial charge in [0.25, 0.3) is 5.91 Å². The molecule has 0 fully saturated rings. The number of carbonyl (C=O) groups is 2. The van der Waals surface area contributed by atoms with Crippen LogP contribution in [0.25, 0.3) is 0 Å². The topological polar surface area (TPSA) is 141 Å². The van der Waals surface area contributed by atoms with Crippen molar-refractivity contribution in [3.8, 4) is 0 Å². The van der Waals surface area contributed by atoms with Gasteiger partial charge in [0.15, 0.2) is 5.96 Å².